The summed E-state index contributed by atoms with van der Waals surface area (Å²) in [5.41, 5.74) is 0.310. The molecule has 6 nitrogen and oxygen atoms in total. The summed E-state index contributed by atoms with van der Waals surface area (Å²) in [5, 5.41) is 9.61. The summed E-state index contributed by atoms with van der Waals surface area (Å²) in [5.74, 6) is -0.599. The van der Waals surface area contributed by atoms with Crippen LogP contribution in [0.1, 0.15) is 98.5 Å². The van der Waals surface area contributed by atoms with Crippen molar-refractivity contribution in [1.29, 1.82) is 0 Å². The first-order valence-electron chi connectivity index (χ1n) is 10.4. The lowest BCUT2D eigenvalue weighted by Gasteiger charge is -2.10. The Morgan fingerprint density at radius 1 is 0.963 bits per heavy atom. The fraction of sp³-hybridized carbons (Fsp3) is 0.714. The predicted octanol–water partition coefficient (Wildman–Crippen LogP) is 5.08. The summed E-state index contributed by atoms with van der Waals surface area (Å²) >= 11 is 0. The zero-order valence-corrected chi connectivity index (χ0v) is 16.5. The van der Waals surface area contributed by atoms with Crippen LogP contribution in [0.2, 0.25) is 0 Å². The maximum Gasteiger partial charge on any atom is 0.356 e. The number of carboxylic acids is 1. The van der Waals surface area contributed by atoms with Gasteiger partial charge in [0.1, 0.15) is 5.69 Å². The van der Waals surface area contributed by atoms with Crippen molar-refractivity contribution < 1.29 is 24.2 Å². The van der Waals surface area contributed by atoms with Crippen molar-refractivity contribution >= 4 is 12.3 Å². The van der Waals surface area contributed by atoms with Crippen molar-refractivity contribution in [2.75, 3.05) is 13.2 Å². The van der Waals surface area contributed by atoms with Gasteiger partial charge in [-0.1, -0.05) is 64.7 Å². The number of hydrogen-bond acceptors (Lipinski definition) is 4. The zero-order valence-electron chi connectivity index (χ0n) is 16.5. The molecule has 0 aromatic carbocycles. The van der Waals surface area contributed by atoms with Crippen molar-refractivity contribution in [3.05, 3.63) is 11.4 Å². The van der Waals surface area contributed by atoms with Crippen molar-refractivity contribution in [1.82, 2.24) is 4.57 Å². The highest BCUT2D eigenvalue weighted by Crippen LogP contribution is 2.39. The Balaban J connectivity index is 1.85. The molecule has 27 heavy (non-hydrogen) atoms. The molecule has 0 radical (unpaired) electrons. The van der Waals surface area contributed by atoms with E-state index in [9.17, 15) is 14.7 Å². The van der Waals surface area contributed by atoms with Crippen LogP contribution in [0.25, 0.3) is 0 Å². The Labute approximate surface area is 161 Å². The molecule has 0 spiro atoms. The third-order valence-electron chi connectivity index (χ3n) is 5.05. The van der Waals surface area contributed by atoms with Gasteiger partial charge >= 0.3 is 5.97 Å². The average molecular weight is 379 g/mol. The summed E-state index contributed by atoms with van der Waals surface area (Å²) in [4.78, 5) is 23.3. The Morgan fingerprint density at radius 3 is 2.07 bits per heavy atom. The van der Waals surface area contributed by atoms with E-state index in [2.05, 4.69) is 6.92 Å². The van der Waals surface area contributed by atoms with Gasteiger partial charge in [-0.3, -0.25) is 4.79 Å². The molecular formula is C21H33NO5. The van der Waals surface area contributed by atoms with Crippen molar-refractivity contribution in [2.45, 2.75) is 84.1 Å². The van der Waals surface area contributed by atoms with Crippen molar-refractivity contribution in [3.63, 3.8) is 0 Å². The van der Waals surface area contributed by atoms with Crippen molar-refractivity contribution in [2.24, 2.45) is 0 Å². The van der Waals surface area contributed by atoms with E-state index in [4.69, 9.17) is 9.47 Å². The number of aldehydes is 1. The molecule has 0 saturated carbocycles. The van der Waals surface area contributed by atoms with E-state index in [0.29, 0.717) is 32.5 Å². The third kappa shape index (κ3) is 6.01. The average Bonchev–Trinajstić information content (AvgIpc) is 2.78. The fourth-order valence-corrected chi connectivity index (χ4v) is 3.59. The Bertz CT molecular complexity index is 608. The lowest BCUT2D eigenvalue weighted by molar-refractivity contribution is 0.0679. The van der Waals surface area contributed by atoms with Crippen LogP contribution in [-0.2, 0) is 6.54 Å². The van der Waals surface area contributed by atoms with Crippen LogP contribution in [0.5, 0.6) is 11.5 Å². The van der Waals surface area contributed by atoms with Gasteiger partial charge in [0.05, 0.1) is 13.2 Å². The van der Waals surface area contributed by atoms with E-state index < -0.39 is 5.97 Å². The molecule has 1 aliphatic rings. The quantitative estimate of drug-likeness (QED) is 0.382. The van der Waals surface area contributed by atoms with Crippen LogP contribution >= 0.6 is 0 Å². The number of ether oxygens (including phenoxy) is 2. The Hall–Kier alpha value is -1.98. The highest BCUT2D eigenvalue weighted by atomic mass is 16.5. The number of carboxylic acid groups (broad SMARTS) is 1. The van der Waals surface area contributed by atoms with Crippen LogP contribution in [0.15, 0.2) is 0 Å². The lowest BCUT2D eigenvalue weighted by Crippen LogP contribution is -2.13. The molecule has 0 atom stereocenters. The maximum absolute atomic E-state index is 11.7. The van der Waals surface area contributed by atoms with Crippen LogP contribution < -0.4 is 9.47 Å². The number of rotatable bonds is 13. The van der Waals surface area contributed by atoms with Crippen LogP contribution in [0.4, 0.5) is 0 Å². The SMILES string of the molecule is CCCCCCCCCCCCn1c(C=O)c2c(c1C(=O)O)OCCCO2. The lowest BCUT2D eigenvalue weighted by atomic mass is 10.1. The van der Waals surface area contributed by atoms with E-state index in [1.54, 1.807) is 4.57 Å². The number of aromatic nitrogens is 1. The van der Waals surface area contributed by atoms with Gasteiger partial charge in [-0.05, 0) is 6.42 Å². The largest absolute Gasteiger partial charge is 0.487 e. The van der Waals surface area contributed by atoms with Gasteiger partial charge < -0.3 is 19.1 Å². The molecule has 0 bridgehead atoms. The fourth-order valence-electron chi connectivity index (χ4n) is 3.59. The molecule has 152 valence electrons. The van der Waals surface area contributed by atoms with E-state index in [0.717, 1.165) is 19.3 Å². The third-order valence-corrected chi connectivity index (χ3v) is 5.05. The molecule has 2 heterocycles. The number of nitrogens with zero attached hydrogens (tertiary/aromatic N) is 1. The minimum Gasteiger partial charge on any atom is -0.487 e. The first-order valence-corrected chi connectivity index (χ1v) is 10.4. The summed E-state index contributed by atoms with van der Waals surface area (Å²) in [6.07, 6.45) is 13.4. The molecule has 1 aliphatic heterocycles. The molecule has 2 rings (SSSR count). The molecule has 1 aromatic rings. The monoisotopic (exact) mass is 379 g/mol. The second-order valence-electron chi connectivity index (χ2n) is 7.20. The van der Waals surface area contributed by atoms with Crippen molar-refractivity contribution in [3.8, 4) is 11.5 Å². The number of aromatic carboxylic acids is 1. The summed E-state index contributed by atoms with van der Waals surface area (Å²) in [7, 11) is 0. The minimum absolute atomic E-state index is 0.0323. The van der Waals surface area contributed by atoms with Gasteiger partial charge in [-0.2, -0.15) is 0 Å². The van der Waals surface area contributed by atoms with E-state index in [1.807, 2.05) is 0 Å². The molecule has 1 aromatic heterocycles. The van der Waals surface area contributed by atoms with Gasteiger partial charge in [0.15, 0.2) is 23.5 Å². The number of unbranched alkanes of at least 4 members (excludes halogenated alkanes) is 9. The first-order chi connectivity index (χ1) is 13.2. The Morgan fingerprint density at radius 2 is 1.52 bits per heavy atom. The molecular weight excluding hydrogens is 346 g/mol. The summed E-state index contributed by atoms with van der Waals surface area (Å²) < 4.78 is 12.7. The number of fused-ring (bicyclic) bond motifs is 1. The standard InChI is InChI=1S/C21H33NO5/c1-2-3-4-5-6-7-8-9-10-11-13-22-17(16-23)19-20(18(22)21(24)25)27-15-12-14-26-19/h16H,2-15H2,1H3,(H,24,25). The van der Waals surface area contributed by atoms with Gasteiger partial charge in [0.25, 0.3) is 0 Å². The smallest absolute Gasteiger partial charge is 0.356 e. The topological polar surface area (TPSA) is 77.8 Å². The van der Waals surface area contributed by atoms with Gasteiger partial charge in [0, 0.05) is 13.0 Å². The first kappa shape index (κ1) is 21.3. The second kappa shape index (κ2) is 11.7. The van der Waals surface area contributed by atoms with E-state index >= 15 is 0 Å². The molecule has 0 aliphatic carbocycles. The molecule has 0 unspecified atom stereocenters. The highest BCUT2D eigenvalue weighted by molar-refractivity contribution is 5.95. The second-order valence-corrected chi connectivity index (χ2v) is 7.20. The molecule has 0 fully saturated rings. The number of carbonyl (C=O) groups excluding carboxylic acids is 1. The summed E-state index contributed by atoms with van der Waals surface area (Å²) in [6, 6.07) is 0. The molecule has 6 heteroatoms. The molecule has 0 amide bonds. The Kier molecular flexibility index (Phi) is 9.22. The van der Waals surface area contributed by atoms with Gasteiger partial charge in [-0.25, -0.2) is 4.79 Å². The number of carbonyl (C=O) groups is 2. The maximum atomic E-state index is 11.7. The minimum atomic E-state index is -1.09. The molecule has 0 saturated heterocycles. The zero-order chi connectivity index (χ0) is 19.5. The van der Waals surface area contributed by atoms with Crippen LogP contribution in [0.3, 0.4) is 0 Å². The predicted molar refractivity (Wildman–Crippen MR) is 104 cm³/mol. The van der Waals surface area contributed by atoms with E-state index in [-0.39, 0.29) is 22.9 Å². The summed E-state index contributed by atoms with van der Waals surface area (Å²) in [6.45, 7) is 3.54. The number of hydrogen-bond donors (Lipinski definition) is 1. The van der Waals surface area contributed by atoms with E-state index in [1.165, 1.54) is 44.9 Å². The highest BCUT2D eigenvalue weighted by Gasteiger charge is 2.30. The van der Waals surface area contributed by atoms with Crippen LogP contribution in [0, 0.1) is 0 Å². The normalized spacial score (nSPS) is 13.4. The van der Waals surface area contributed by atoms with Gasteiger partial charge in [-0.15, -0.1) is 0 Å². The van der Waals surface area contributed by atoms with Crippen LogP contribution in [-0.4, -0.2) is 35.1 Å². The van der Waals surface area contributed by atoms with Gasteiger partial charge in [0.2, 0.25) is 0 Å². The molecule has 1 N–H and O–H groups in total.